The highest BCUT2D eigenvalue weighted by molar-refractivity contribution is 7.90. The second kappa shape index (κ2) is 20.5. The van der Waals surface area contributed by atoms with E-state index >= 15 is 0 Å². The third kappa shape index (κ3) is 11.5. The maximum absolute atomic E-state index is 13.6. The number of hydrogen-bond donors (Lipinski definition) is 4. The summed E-state index contributed by atoms with van der Waals surface area (Å²) in [6, 6.07) is 10.8. The fourth-order valence-electron chi connectivity index (χ4n) is 5.39. The monoisotopic (exact) mass is 835 g/mol. The van der Waals surface area contributed by atoms with Gasteiger partial charge < -0.3 is 43.7 Å². The summed E-state index contributed by atoms with van der Waals surface area (Å²) < 4.78 is 87.9. The van der Waals surface area contributed by atoms with E-state index in [0.717, 1.165) is 13.0 Å². The Morgan fingerprint density at radius 3 is 2.14 bits per heavy atom. The zero-order chi connectivity index (χ0) is 42.5. The number of nitrogens with zero attached hydrogens (tertiary/aromatic N) is 1. The van der Waals surface area contributed by atoms with E-state index in [-0.39, 0.29) is 65.7 Å². The third-order valence-electron chi connectivity index (χ3n) is 7.73. The molecule has 57 heavy (non-hydrogen) atoms. The van der Waals surface area contributed by atoms with Gasteiger partial charge in [-0.15, -0.1) is 5.06 Å². The summed E-state index contributed by atoms with van der Waals surface area (Å²) in [5.41, 5.74) is 5.37. The maximum Gasteiger partial charge on any atom is 0.336 e. The zero-order valence-corrected chi connectivity index (χ0v) is 32.2. The molecule has 3 aliphatic rings. The number of benzene rings is 3. The first kappa shape index (κ1) is 45.8. The SMILES string of the molecule is C=O.CC(=O)ON1C(=O)CCC1=O.COCCOCCOCCCNS(=O)(=O)c1c(N)ccc2c(-c3ccccc3C(=O)O)c3ccc(=N)c(S(=O)(=O)[O-])c-3oc12. The topological polar surface area (TPSA) is 312 Å². The number of hydrogen-bond acceptors (Lipinski definition) is 17. The molecule has 20 nitrogen and oxygen atoms in total. The van der Waals surface area contributed by atoms with Crippen molar-refractivity contribution in [1.82, 2.24) is 9.79 Å². The average Bonchev–Trinajstić information content (AvgIpc) is 3.46. The Balaban J connectivity index is 0.000000571. The Hall–Kier alpha value is -5.62. The fraction of sp³-hybridized carbons (Fsp3) is 0.314. The number of carboxylic acid groups (broad SMARTS) is 1. The number of nitrogen functional groups attached to an aromatic ring is 1. The number of hydroxylamine groups is 2. The van der Waals surface area contributed by atoms with Crippen LogP contribution in [0.3, 0.4) is 0 Å². The lowest BCUT2D eigenvalue weighted by atomic mass is 9.90. The van der Waals surface area contributed by atoms with Gasteiger partial charge in [-0.1, -0.05) is 18.2 Å². The number of fused-ring (bicyclic) bond motifs is 2. The Labute approximate surface area is 326 Å². The van der Waals surface area contributed by atoms with Crippen molar-refractivity contribution in [3.63, 3.8) is 0 Å². The first-order valence-corrected chi connectivity index (χ1v) is 19.5. The molecular weight excluding hydrogens is 797 g/mol. The Morgan fingerprint density at radius 1 is 0.930 bits per heavy atom. The lowest BCUT2D eigenvalue weighted by Gasteiger charge is -2.21. The van der Waals surface area contributed by atoms with Crippen LogP contribution in [0, 0.1) is 5.41 Å². The zero-order valence-electron chi connectivity index (χ0n) is 30.6. The van der Waals surface area contributed by atoms with E-state index in [1.807, 2.05) is 6.79 Å². The van der Waals surface area contributed by atoms with Gasteiger partial charge >= 0.3 is 11.9 Å². The van der Waals surface area contributed by atoms with Gasteiger partial charge in [-0.25, -0.2) is 31.1 Å². The van der Waals surface area contributed by atoms with Gasteiger partial charge in [0.05, 0.1) is 43.0 Å². The van der Waals surface area contributed by atoms with Gasteiger partial charge in [-0.05, 0) is 42.3 Å². The lowest BCUT2D eigenvalue weighted by Crippen LogP contribution is -2.30. The Kier molecular flexibility index (Phi) is 16.5. The first-order valence-electron chi connectivity index (χ1n) is 16.6. The van der Waals surface area contributed by atoms with Crippen LogP contribution in [0.4, 0.5) is 5.69 Å². The van der Waals surface area contributed by atoms with Gasteiger partial charge in [0.25, 0.3) is 11.8 Å². The molecule has 1 aliphatic carbocycles. The molecule has 5 N–H and O–H groups in total. The van der Waals surface area contributed by atoms with Crippen molar-refractivity contribution >= 4 is 67.3 Å². The summed E-state index contributed by atoms with van der Waals surface area (Å²) in [7, 11) is -8.19. The van der Waals surface area contributed by atoms with Crippen LogP contribution in [0.2, 0.25) is 0 Å². The summed E-state index contributed by atoms with van der Waals surface area (Å²) in [5, 5.41) is 17.9. The summed E-state index contributed by atoms with van der Waals surface area (Å²) in [6.45, 7) is 4.78. The van der Waals surface area contributed by atoms with Gasteiger partial charge in [0.15, 0.2) is 11.3 Å². The largest absolute Gasteiger partial charge is 0.744 e. The van der Waals surface area contributed by atoms with Crippen molar-refractivity contribution in [1.29, 1.82) is 5.41 Å². The summed E-state index contributed by atoms with van der Waals surface area (Å²) in [4.78, 5) is 54.7. The number of rotatable bonds is 16. The van der Waals surface area contributed by atoms with Gasteiger partial charge in [0.1, 0.15) is 26.7 Å². The number of nitrogens with two attached hydrogens (primary N) is 1. The highest BCUT2D eigenvalue weighted by Gasteiger charge is 2.32. The van der Waals surface area contributed by atoms with Crippen LogP contribution in [0.15, 0.2) is 62.7 Å². The van der Waals surface area contributed by atoms with E-state index in [1.165, 1.54) is 42.5 Å². The van der Waals surface area contributed by atoms with Crippen LogP contribution in [0.25, 0.3) is 33.4 Å². The smallest absolute Gasteiger partial charge is 0.336 e. The number of sulfonamides is 1. The predicted octanol–water partition coefficient (Wildman–Crippen LogP) is 1.65. The molecule has 22 heteroatoms. The molecule has 2 aromatic rings. The number of carbonyl (C=O) groups is 5. The molecule has 2 amide bonds. The quantitative estimate of drug-likeness (QED) is 0.0410. The van der Waals surface area contributed by atoms with Gasteiger partial charge in [0, 0.05) is 56.5 Å². The molecule has 0 radical (unpaired) electrons. The molecule has 2 aliphatic heterocycles. The molecule has 0 saturated carbocycles. The first-order chi connectivity index (χ1) is 27.0. The number of imide groups is 1. The standard InChI is InChI=1S/C28H31N3O11S2.C6H7NO4.CH2O/c1-39-13-14-41-16-15-40-12-4-11-31-43(34,35)26-21(29)9-7-19-23(17-5-2-3-6-18(17)28(32)33)20-8-10-22(30)27(44(36,37)38)25(20)42-24(19)26;1-4(8)11-7-5(9)2-3-6(7)10;1-2/h2-3,5-10,30-31H,4,11-16,29H2,1H3,(H,32,33)(H,36,37,38);2-3H2,1H3;1H2/p-1. The summed E-state index contributed by atoms with van der Waals surface area (Å²) in [5.74, 6) is -3.49. The Bertz CT molecular complexity index is 2350. The van der Waals surface area contributed by atoms with Crippen LogP contribution in [-0.4, -0.2) is 109 Å². The van der Waals surface area contributed by atoms with Crippen molar-refractivity contribution in [3.8, 4) is 22.5 Å². The molecule has 308 valence electrons. The maximum atomic E-state index is 13.6. The Morgan fingerprint density at radius 2 is 1.54 bits per heavy atom. The minimum absolute atomic E-state index is 0.0268. The predicted molar refractivity (Wildman–Crippen MR) is 197 cm³/mol. The van der Waals surface area contributed by atoms with E-state index in [0.29, 0.717) is 31.5 Å². The van der Waals surface area contributed by atoms with E-state index in [4.69, 9.17) is 34.6 Å². The van der Waals surface area contributed by atoms with E-state index in [9.17, 15) is 45.7 Å². The lowest BCUT2D eigenvalue weighted by molar-refractivity contribution is -0.195. The number of nitrogens with one attached hydrogen (secondary N) is 2. The third-order valence-corrected chi connectivity index (χ3v) is 10.2. The number of anilines is 1. The fourth-order valence-corrected chi connectivity index (χ4v) is 7.44. The molecule has 2 aromatic carbocycles. The molecule has 0 unspecified atom stereocenters. The van der Waals surface area contributed by atoms with Crippen molar-refractivity contribution in [2.45, 2.75) is 36.0 Å². The second-order valence-corrected chi connectivity index (χ2v) is 14.6. The van der Waals surface area contributed by atoms with Crippen LogP contribution in [0.1, 0.15) is 36.5 Å². The van der Waals surface area contributed by atoms with Crippen LogP contribution < -0.4 is 15.8 Å². The number of amides is 2. The highest BCUT2D eigenvalue weighted by Crippen LogP contribution is 2.45. The normalized spacial score (nSPS) is 12.9. The number of carboxylic acids is 1. The van der Waals surface area contributed by atoms with Gasteiger partial charge in [-0.2, -0.15) is 0 Å². The van der Waals surface area contributed by atoms with E-state index < -0.39 is 70.4 Å². The minimum atomic E-state index is -5.32. The van der Waals surface area contributed by atoms with Crippen LogP contribution >= 0.6 is 0 Å². The van der Waals surface area contributed by atoms with Crippen LogP contribution in [-0.2, 0) is 58.4 Å². The van der Waals surface area contributed by atoms with Crippen LogP contribution in [0.5, 0.6) is 0 Å². The van der Waals surface area contributed by atoms with Crippen molar-refractivity contribution in [2.24, 2.45) is 0 Å². The van der Waals surface area contributed by atoms with E-state index in [2.05, 4.69) is 9.56 Å². The average molecular weight is 836 g/mol. The van der Waals surface area contributed by atoms with Crippen molar-refractivity contribution in [3.05, 3.63) is 59.5 Å². The van der Waals surface area contributed by atoms with E-state index in [1.54, 1.807) is 7.11 Å². The molecular formula is C35H39N4O16S2-. The molecule has 0 aromatic heterocycles. The molecule has 1 fully saturated rings. The summed E-state index contributed by atoms with van der Waals surface area (Å²) >= 11 is 0. The molecule has 0 bridgehead atoms. The number of aromatic carboxylic acids is 1. The number of methoxy groups -OCH3 is 1. The minimum Gasteiger partial charge on any atom is -0.744 e. The molecule has 2 heterocycles. The van der Waals surface area contributed by atoms with Crippen molar-refractivity contribution in [2.75, 3.05) is 52.4 Å². The number of ether oxygens (including phenoxy) is 3. The second-order valence-electron chi connectivity index (χ2n) is 11.6. The molecule has 0 atom stereocenters. The number of carbonyl (C=O) groups excluding carboxylic acids is 4. The molecule has 0 spiro atoms. The van der Waals surface area contributed by atoms with Gasteiger partial charge in [-0.3, -0.25) is 15.0 Å². The summed E-state index contributed by atoms with van der Waals surface area (Å²) in [6.07, 6.45) is 0.540. The van der Waals surface area contributed by atoms with Gasteiger partial charge in [0.2, 0.25) is 10.0 Å². The van der Waals surface area contributed by atoms with Crippen molar-refractivity contribution < 1.29 is 73.9 Å². The molecule has 1 saturated heterocycles. The molecule has 5 rings (SSSR count). The highest BCUT2D eigenvalue weighted by atomic mass is 32.2.